The summed E-state index contributed by atoms with van der Waals surface area (Å²) >= 11 is 9.16. The number of hydrogen-bond acceptors (Lipinski definition) is 3. The largest absolute Gasteiger partial charge is 0.398 e. The topological polar surface area (TPSA) is 72.2 Å². The molecule has 0 aliphatic heterocycles. The molecule has 0 radical (unpaired) electrons. The van der Waals surface area contributed by atoms with E-state index >= 15 is 0 Å². The average Bonchev–Trinajstić information content (AvgIpc) is 2.37. The molecule has 2 aromatic rings. The molecule has 0 aromatic heterocycles. The van der Waals surface area contributed by atoms with E-state index in [1.54, 1.807) is 44.2 Å². The first-order valence-electron chi connectivity index (χ1n) is 6.05. The van der Waals surface area contributed by atoms with E-state index in [-0.39, 0.29) is 4.90 Å². The first kappa shape index (κ1) is 16.1. The van der Waals surface area contributed by atoms with Crippen LogP contribution in [0.4, 0.5) is 11.4 Å². The van der Waals surface area contributed by atoms with Gasteiger partial charge in [0, 0.05) is 10.2 Å². The van der Waals surface area contributed by atoms with Crippen LogP contribution in [-0.4, -0.2) is 8.42 Å². The van der Waals surface area contributed by atoms with Crippen molar-refractivity contribution in [2.45, 2.75) is 18.7 Å². The van der Waals surface area contributed by atoms with Crippen molar-refractivity contribution in [1.29, 1.82) is 0 Å². The minimum absolute atomic E-state index is 0.172. The van der Waals surface area contributed by atoms with Crippen molar-refractivity contribution in [3.05, 3.63) is 51.0 Å². The zero-order valence-electron chi connectivity index (χ0n) is 11.4. The summed E-state index contributed by atoms with van der Waals surface area (Å²) in [5, 5.41) is 0.508. The van der Waals surface area contributed by atoms with Gasteiger partial charge in [-0.25, -0.2) is 8.42 Å². The Labute approximate surface area is 137 Å². The second-order valence-corrected chi connectivity index (χ2v) is 7.62. The summed E-state index contributed by atoms with van der Waals surface area (Å²) in [6, 6.07) is 8.15. The molecule has 2 aromatic carbocycles. The third-order valence-corrected chi connectivity index (χ3v) is 5.73. The maximum Gasteiger partial charge on any atom is 0.262 e. The van der Waals surface area contributed by atoms with Gasteiger partial charge >= 0.3 is 0 Å². The number of halogens is 2. The van der Waals surface area contributed by atoms with Gasteiger partial charge in [-0.05, 0) is 71.2 Å². The van der Waals surface area contributed by atoms with Crippen molar-refractivity contribution in [3.8, 4) is 0 Å². The number of aryl methyl sites for hydroxylation is 1. The van der Waals surface area contributed by atoms with Crippen molar-refractivity contribution in [1.82, 2.24) is 0 Å². The first-order valence-corrected chi connectivity index (χ1v) is 8.71. The Morgan fingerprint density at radius 3 is 2.48 bits per heavy atom. The minimum Gasteiger partial charge on any atom is -0.398 e. The highest BCUT2D eigenvalue weighted by Crippen LogP contribution is 2.29. The summed E-state index contributed by atoms with van der Waals surface area (Å²) in [6.45, 7) is 3.48. The molecular weight excluding hydrogens is 376 g/mol. The summed E-state index contributed by atoms with van der Waals surface area (Å²) < 4.78 is 28.2. The normalized spacial score (nSPS) is 11.4. The second-order valence-electron chi connectivity index (χ2n) is 4.71. The molecule has 0 fully saturated rings. The van der Waals surface area contributed by atoms with Crippen LogP contribution in [0.2, 0.25) is 5.02 Å². The number of sulfonamides is 1. The van der Waals surface area contributed by atoms with Gasteiger partial charge in [0.2, 0.25) is 0 Å². The lowest BCUT2D eigenvalue weighted by Gasteiger charge is -2.13. The fourth-order valence-corrected chi connectivity index (χ4v) is 3.81. The highest BCUT2D eigenvalue weighted by Gasteiger charge is 2.19. The number of anilines is 2. The van der Waals surface area contributed by atoms with E-state index in [2.05, 4.69) is 20.7 Å². The Morgan fingerprint density at radius 2 is 1.86 bits per heavy atom. The van der Waals surface area contributed by atoms with Crippen LogP contribution in [0.1, 0.15) is 11.1 Å². The predicted octanol–water partition coefficient (Wildman–Crippen LogP) is 4.10. The maximum absolute atomic E-state index is 12.5. The fourth-order valence-electron chi connectivity index (χ4n) is 1.90. The van der Waals surface area contributed by atoms with Crippen LogP contribution in [0.25, 0.3) is 0 Å². The fraction of sp³-hybridized carbons (Fsp3) is 0.143. The molecule has 112 valence electrons. The van der Waals surface area contributed by atoms with E-state index in [1.807, 2.05) is 0 Å². The SMILES string of the molecule is Cc1cc(N)c(C)c(S(=O)(=O)Nc2ccc(Cl)c(Br)c2)c1. The highest BCUT2D eigenvalue weighted by molar-refractivity contribution is 9.10. The molecule has 0 heterocycles. The van der Waals surface area contributed by atoms with Crippen LogP contribution in [-0.2, 0) is 10.0 Å². The monoisotopic (exact) mass is 388 g/mol. The van der Waals surface area contributed by atoms with Gasteiger partial charge in [-0.15, -0.1) is 0 Å². The number of benzene rings is 2. The Bertz CT molecular complexity index is 807. The van der Waals surface area contributed by atoms with Gasteiger partial charge in [0.1, 0.15) is 0 Å². The molecule has 0 unspecified atom stereocenters. The Morgan fingerprint density at radius 1 is 1.19 bits per heavy atom. The van der Waals surface area contributed by atoms with Crippen molar-refractivity contribution in [2.24, 2.45) is 0 Å². The van der Waals surface area contributed by atoms with E-state index in [0.29, 0.717) is 26.4 Å². The molecule has 0 atom stereocenters. The van der Waals surface area contributed by atoms with Gasteiger partial charge in [0.15, 0.2) is 0 Å². The first-order chi connectivity index (χ1) is 9.70. The molecule has 3 N–H and O–H groups in total. The van der Waals surface area contributed by atoms with Gasteiger partial charge in [-0.3, -0.25) is 4.72 Å². The van der Waals surface area contributed by atoms with Gasteiger partial charge in [-0.2, -0.15) is 0 Å². The lowest BCUT2D eigenvalue weighted by Crippen LogP contribution is -2.15. The van der Waals surface area contributed by atoms with Gasteiger partial charge in [0.25, 0.3) is 10.0 Å². The number of nitrogens with two attached hydrogens (primary N) is 1. The van der Waals surface area contributed by atoms with Gasteiger partial charge < -0.3 is 5.73 Å². The molecule has 2 rings (SSSR count). The standard InChI is InChI=1S/C14H14BrClN2O2S/c1-8-5-13(17)9(2)14(6-8)21(19,20)18-10-3-4-12(16)11(15)7-10/h3-7,18H,17H2,1-2H3. The van der Waals surface area contributed by atoms with Gasteiger partial charge in [0.05, 0.1) is 15.6 Å². The second kappa shape index (κ2) is 5.87. The van der Waals surface area contributed by atoms with E-state index in [1.165, 1.54) is 0 Å². The zero-order valence-corrected chi connectivity index (χ0v) is 14.6. The highest BCUT2D eigenvalue weighted by atomic mass is 79.9. The van der Waals surface area contributed by atoms with Crippen molar-refractivity contribution in [3.63, 3.8) is 0 Å². The molecular formula is C14H14BrClN2O2S. The molecule has 0 bridgehead atoms. The number of hydrogen-bond donors (Lipinski definition) is 2. The third kappa shape index (κ3) is 3.51. The summed E-state index contributed by atoms with van der Waals surface area (Å²) in [7, 11) is -3.71. The Balaban J connectivity index is 2.45. The lowest BCUT2D eigenvalue weighted by molar-refractivity contribution is 0.600. The Hall–Kier alpha value is -1.24. The molecule has 4 nitrogen and oxygen atoms in total. The smallest absolute Gasteiger partial charge is 0.262 e. The van der Waals surface area contributed by atoms with Crippen LogP contribution in [0, 0.1) is 13.8 Å². The zero-order chi connectivity index (χ0) is 15.8. The molecule has 0 aliphatic carbocycles. The van der Waals surface area contributed by atoms with Crippen LogP contribution in [0.5, 0.6) is 0 Å². The molecule has 0 spiro atoms. The van der Waals surface area contributed by atoms with E-state index in [4.69, 9.17) is 17.3 Å². The molecule has 0 saturated heterocycles. The van der Waals surface area contributed by atoms with E-state index in [0.717, 1.165) is 5.56 Å². The molecule has 7 heteroatoms. The average molecular weight is 390 g/mol. The quantitative estimate of drug-likeness (QED) is 0.776. The van der Waals surface area contributed by atoms with Crippen molar-refractivity contribution in [2.75, 3.05) is 10.5 Å². The number of rotatable bonds is 3. The summed E-state index contributed by atoms with van der Waals surface area (Å²) in [5.41, 5.74) is 8.03. The Kier molecular flexibility index (Phi) is 4.51. The van der Waals surface area contributed by atoms with Crippen LogP contribution in [0.15, 0.2) is 39.7 Å². The minimum atomic E-state index is -3.71. The van der Waals surface area contributed by atoms with Gasteiger partial charge in [-0.1, -0.05) is 11.6 Å². The summed E-state index contributed by atoms with van der Waals surface area (Å²) in [5.74, 6) is 0. The van der Waals surface area contributed by atoms with E-state index < -0.39 is 10.0 Å². The maximum atomic E-state index is 12.5. The molecule has 0 saturated carbocycles. The molecule has 21 heavy (non-hydrogen) atoms. The number of nitrogen functional groups attached to an aromatic ring is 1. The van der Waals surface area contributed by atoms with Crippen LogP contribution in [0.3, 0.4) is 0 Å². The van der Waals surface area contributed by atoms with E-state index in [9.17, 15) is 8.42 Å². The molecule has 0 amide bonds. The summed E-state index contributed by atoms with van der Waals surface area (Å²) in [4.78, 5) is 0.172. The van der Waals surface area contributed by atoms with Crippen LogP contribution >= 0.6 is 27.5 Å². The lowest BCUT2D eigenvalue weighted by atomic mass is 10.1. The van der Waals surface area contributed by atoms with Crippen LogP contribution < -0.4 is 10.5 Å². The number of nitrogens with one attached hydrogen (secondary N) is 1. The van der Waals surface area contributed by atoms with Crippen molar-refractivity contribution < 1.29 is 8.42 Å². The predicted molar refractivity (Wildman–Crippen MR) is 90.3 cm³/mol. The summed E-state index contributed by atoms with van der Waals surface area (Å²) in [6.07, 6.45) is 0. The third-order valence-electron chi connectivity index (χ3n) is 3.01. The van der Waals surface area contributed by atoms with Crippen molar-refractivity contribution >= 4 is 48.9 Å². The molecule has 0 aliphatic rings.